The highest BCUT2D eigenvalue weighted by Gasteiger charge is 2.35. The first-order valence-electron chi connectivity index (χ1n) is 7.79. The fraction of sp³-hybridized carbons (Fsp3) is 0.611. The normalized spacial score (nSPS) is 19.1. The number of amides is 1. The molecule has 0 aromatic carbocycles. The summed E-state index contributed by atoms with van der Waals surface area (Å²) in [6.45, 7) is 11.8. The van der Waals surface area contributed by atoms with Crippen molar-refractivity contribution in [2.45, 2.75) is 72.4 Å². The van der Waals surface area contributed by atoms with Gasteiger partial charge in [0.2, 0.25) is 0 Å². The molecule has 0 aliphatic heterocycles. The molecule has 0 aromatic heterocycles. The van der Waals surface area contributed by atoms with Gasteiger partial charge in [-0.1, -0.05) is 0 Å². The van der Waals surface area contributed by atoms with Gasteiger partial charge >= 0.3 is 0 Å². The lowest BCUT2D eigenvalue weighted by Gasteiger charge is -2.29. The lowest BCUT2D eigenvalue weighted by Crippen LogP contribution is -2.51. The van der Waals surface area contributed by atoms with Gasteiger partial charge in [-0.05, 0) is 61.3 Å². The third-order valence-corrected chi connectivity index (χ3v) is 4.15. The second-order valence-corrected chi connectivity index (χ2v) is 7.49. The van der Waals surface area contributed by atoms with Gasteiger partial charge in [-0.25, -0.2) is 0 Å². The van der Waals surface area contributed by atoms with E-state index in [9.17, 15) is 19.5 Å². The van der Waals surface area contributed by atoms with Gasteiger partial charge in [-0.3, -0.25) is 14.4 Å². The molecule has 1 rings (SSSR count). The maximum Gasteiger partial charge on any atom is 0.252 e. The van der Waals surface area contributed by atoms with Crippen LogP contribution < -0.4 is 5.32 Å². The van der Waals surface area contributed by atoms with Gasteiger partial charge < -0.3 is 10.4 Å². The van der Waals surface area contributed by atoms with E-state index < -0.39 is 17.0 Å². The van der Waals surface area contributed by atoms with Crippen molar-refractivity contribution in [3.05, 3.63) is 22.3 Å². The molecule has 1 atom stereocenters. The second kappa shape index (κ2) is 6.40. The third-order valence-electron chi connectivity index (χ3n) is 4.15. The van der Waals surface area contributed by atoms with Crippen LogP contribution >= 0.6 is 0 Å². The molecule has 128 valence electrons. The molecule has 0 saturated carbocycles. The predicted octanol–water partition coefficient (Wildman–Crippen LogP) is 2.24. The average Bonchev–Trinajstić information content (AvgIpc) is 2.41. The van der Waals surface area contributed by atoms with Crippen molar-refractivity contribution >= 4 is 17.5 Å². The van der Waals surface area contributed by atoms with Crippen LogP contribution in [0.1, 0.15) is 61.3 Å². The molecular weight excluding hydrogens is 294 g/mol. The van der Waals surface area contributed by atoms with Crippen LogP contribution in [0.5, 0.6) is 0 Å². The number of Topliss-reactive ketones (excluding diaryl/α,β-unsaturated/α-hetero) is 2. The zero-order valence-corrected chi connectivity index (χ0v) is 15.1. The number of nitrogens with one attached hydrogen (secondary N) is 1. The van der Waals surface area contributed by atoms with E-state index >= 15 is 0 Å². The van der Waals surface area contributed by atoms with Gasteiger partial charge in [0.05, 0.1) is 0 Å². The third kappa shape index (κ3) is 4.38. The number of rotatable bonds is 4. The highest BCUT2D eigenvalue weighted by Crippen LogP contribution is 2.29. The Morgan fingerprint density at radius 3 is 1.91 bits per heavy atom. The molecule has 2 N–H and O–H groups in total. The Morgan fingerprint density at radius 2 is 1.43 bits per heavy atom. The van der Waals surface area contributed by atoms with Crippen LogP contribution in [-0.2, 0) is 14.4 Å². The summed E-state index contributed by atoms with van der Waals surface area (Å²) in [6.07, 6.45) is 0.262. The molecule has 0 spiro atoms. The van der Waals surface area contributed by atoms with Crippen LogP contribution in [-0.4, -0.2) is 33.7 Å². The first kappa shape index (κ1) is 19.3. The number of hydrogen-bond donors (Lipinski definition) is 2. The summed E-state index contributed by atoms with van der Waals surface area (Å²) >= 11 is 0. The molecule has 0 heterocycles. The van der Waals surface area contributed by atoms with Crippen molar-refractivity contribution in [1.29, 1.82) is 0 Å². The quantitative estimate of drug-likeness (QED) is 0.778. The average molecular weight is 321 g/mol. The minimum absolute atomic E-state index is 0.0763. The maximum atomic E-state index is 12.4. The van der Waals surface area contributed by atoms with Crippen LogP contribution in [0.3, 0.4) is 0 Å². The van der Waals surface area contributed by atoms with E-state index in [1.807, 2.05) is 20.8 Å². The van der Waals surface area contributed by atoms with E-state index in [0.29, 0.717) is 22.3 Å². The molecule has 1 unspecified atom stereocenters. The molecule has 1 amide bonds. The largest absolute Gasteiger partial charge is 0.380 e. The fourth-order valence-electron chi connectivity index (χ4n) is 2.41. The number of allylic oxidation sites excluding steroid dienone is 4. The zero-order valence-electron chi connectivity index (χ0n) is 15.1. The molecule has 23 heavy (non-hydrogen) atoms. The van der Waals surface area contributed by atoms with E-state index in [1.54, 1.807) is 20.8 Å². The Hall–Kier alpha value is -1.75. The highest BCUT2D eigenvalue weighted by molar-refractivity contribution is 6.24. The van der Waals surface area contributed by atoms with Gasteiger partial charge in [0.1, 0.15) is 5.60 Å². The Kier molecular flexibility index (Phi) is 5.37. The smallest absolute Gasteiger partial charge is 0.252 e. The maximum absolute atomic E-state index is 12.4. The number of hydrogen-bond acceptors (Lipinski definition) is 4. The molecule has 5 nitrogen and oxygen atoms in total. The van der Waals surface area contributed by atoms with Crippen LogP contribution in [0.25, 0.3) is 0 Å². The number of aliphatic hydroxyl groups is 1. The van der Waals surface area contributed by atoms with E-state index in [2.05, 4.69) is 5.32 Å². The molecule has 1 aliphatic rings. The molecule has 0 radical (unpaired) electrons. The minimum atomic E-state index is -1.60. The Labute approximate surface area is 137 Å². The molecular formula is C18H27NO4. The summed E-state index contributed by atoms with van der Waals surface area (Å²) in [4.78, 5) is 36.6. The molecule has 0 fully saturated rings. The first-order chi connectivity index (χ1) is 10.3. The minimum Gasteiger partial charge on any atom is -0.380 e. The second-order valence-electron chi connectivity index (χ2n) is 7.49. The lowest BCUT2D eigenvalue weighted by atomic mass is 9.82. The van der Waals surface area contributed by atoms with Crippen molar-refractivity contribution in [3.8, 4) is 0 Å². The molecule has 0 bridgehead atoms. The Morgan fingerprint density at radius 1 is 0.957 bits per heavy atom. The van der Waals surface area contributed by atoms with Crippen molar-refractivity contribution in [2.24, 2.45) is 0 Å². The standard InChI is InChI=1S/C18H27NO4/c1-10-11(2)15(21)13(12(3)14(10)20)8-9-18(7,23)16(22)19-17(4,5)6/h23H,8-9H2,1-7H3,(H,19,22). The fourth-order valence-corrected chi connectivity index (χ4v) is 2.41. The highest BCUT2D eigenvalue weighted by atomic mass is 16.3. The number of ketones is 2. The predicted molar refractivity (Wildman–Crippen MR) is 88.8 cm³/mol. The molecule has 0 saturated heterocycles. The van der Waals surface area contributed by atoms with Gasteiger partial charge in [0.25, 0.3) is 5.91 Å². The number of carbonyl (C=O) groups is 3. The summed E-state index contributed by atoms with van der Waals surface area (Å²) in [5.74, 6) is -0.802. The summed E-state index contributed by atoms with van der Waals surface area (Å²) < 4.78 is 0. The van der Waals surface area contributed by atoms with E-state index in [4.69, 9.17) is 0 Å². The number of carbonyl (C=O) groups excluding carboxylic acids is 3. The SMILES string of the molecule is CC1=C(C)C(=O)C(CCC(C)(O)C(=O)NC(C)(C)C)=C(C)C1=O. The van der Waals surface area contributed by atoms with Gasteiger partial charge in [0, 0.05) is 27.8 Å². The summed E-state index contributed by atoms with van der Waals surface area (Å²) in [7, 11) is 0. The van der Waals surface area contributed by atoms with Gasteiger partial charge in [0.15, 0.2) is 11.6 Å². The summed E-state index contributed by atoms with van der Waals surface area (Å²) in [5, 5.41) is 13.1. The topological polar surface area (TPSA) is 83.5 Å². The van der Waals surface area contributed by atoms with Crippen LogP contribution in [0.2, 0.25) is 0 Å². The van der Waals surface area contributed by atoms with Crippen molar-refractivity contribution in [3.63, 3.8) is 0 Å². The lowest BCUT2D eigenvalue weighted by molar-refractivity contribution is -0.140. The van der Waals surface area contributed by atoms with E-state index in [-0.39, 0.29) is 24.4 Å². The van der Waals surface area contributed by atoms with E-state index in [0.717, 1.165) is 0 Å². The monoisotopic (exact) mass is 321 g/mol. The van der Waals surface area contributed by atoms with E-state index in [1.165, 1.54) is 6.92 Å². The molecule has 5 heteroatoms. The van der Waals surface area contributed by atoms with Crippen molar-refractivity contribution in [2.75, 3.05) is 0 Å². The van der Waals surface area contributed by atoms with Gasteiger partial charge in [-0.15, -0.1) is 0 Å². The zero-order chi connectivity index (χ0) is 18.2. The van der Waals surface area contributed by atoms with Crippen LogP contribution in [0.15, 0.2) is 22.3 Å². The van der Waals surface area contributed by atoms with Crippen molar-refractivity contribution in [1.82, 2.24) is 5.32 Å². The summed E-state index contributed by atoms with van der Waals surface area (Å²) in [6, 6.07) is 0. The van der Waals surface area contributed by atoms with Gasteiger partial charge in [-0.2, -0.15) is 0 Å². The van der Waals surface area contributed by atoms with Crippen LogP contribution in [0.4, 0.5) is 0 Å². The Balaban J connectivity index is 2.91. The first-order valence-corrected chi connectivity index (χ1v) is 7.79. The Bertz CT molecular complexity index is 615. The van der Waals surface area contributed by atoms with Crippen molar-refractivity contribution < 1.29 is 19.5 Å². The molecule has 0 aromatic rings. The summed E-state index contributed by atoms with van der Waals surface area (Å²) in [5.41, 5.74) is -0.355. The molecule has 1 aliphatic carbocycles. The van der Waals surface area contributed by atoms with Crippen LogP contribution in [0, 0.1) is 0 Å².